The highest BCUT2D eigenvalue weighted by atomic mass is 16.6. The van der Waals surface area contributed by atoms with Gasteiger partial charge in [0.2, 0.25) is 0 Å². The Kier molecular flexibility index (Phi) is 5.54. The first-order valence-corrected chi connectivity index (χ1v) is 8.03. The van der Waals surface area contributed by atoms with Crippen molar-refractivity contribution in [3.8, 4) is 5.75 Å². The third-order valence-electron chi connectivity index (χ3n) is 3.89. The van der Waals surface area contributed by atoms with Crippen LogP contribution in [0.4, 0.5) is 10.5 Å². The minimum absolute atomic E-state index is 0.296. The van der Waals surface area contributed by atoms with E-state index >= 15 is 0 Å². The summed E-state index contributed by atoms with van der Waals surface area (Å²) in [5.74, 6) is 0.162. The Morgan fingerprint density at radius 1 is 1.17 bits per heavy atom. The third-order valence-corrected chi connectivity index (χ3v) is 3.89. The van der Waals surface area contributed by atoms with E-state index in [0.717, 1.165) is 5.69 Å². The molecule has 132 valence electrons. The van der Waals surface area contributed by atoms with E-state index in [0.29, 0.717) is 38.5 Å². The fraction of sp³-hybridized carbons (Fsp3) is 0.529. The molecule has 1 saturated heterocycles. The number of anilines is 1. The van der Waals surface area contributed by atoms with Crippen LogP contribution in [0.1, 0.15) is 20.8 Å². The third kappa shape index (κ3) is 4.10. The molecule has 0 spiro atoms. The van der Waals surface area contributed by atoms with Crippen LogP contribution < -0.4 is 9.64 Å². The average Bonchev–Trinajstić information content (AvgIpc) is 2.55. The molecule has 1 heterocycles. The predicted molar refractivity (Wildman–Crippen MR) is 89.6 cm³/mol. The zero-order valence-corrected chi connectivity index (χ0v) is 14.3. The molecule has 0 atom stereocenters. The molecule has 1 fully saturated rings. The van der Waals surface area contributed by atoms with Crippen LogP contribution in [0.5, 0.6) is 5.75 Å². The lowest BCUT2D eigenvalue weighted by Gasteiger charge is -2.36. The van der Waals surface area contributed by atoms with Crippen LogP contribution in [-0.2, 0) is 9.53 Å². The molecule has 1 aromatic rings. The van der Waals surface area contributed by atoms with Crippen molar-refractivity contribution < 1.29 is 24.2 Å². The standard InChI is InChI=1S/C17H24N2O5/c1-4-23-15(20)17(2,3)24-14-8-6-5-7-13(14)18-9-11-19(12-10-18)16(21)22/h5-8H,4,9-12H2,1-3H3,(H,21,22). The molecule has 1 N–H and O–H groups in total. The Morgan fingerprint density at radius 2 is 1.79 bits per heavy atom. The first-order chi connectivity index (χ1) is 11.3. The van der Waals surface area contributed by atoms with E-state index in [2.05, 4.69) is 4.90 Å². The number of rotatable bonds is 5. The van der Waals surface area contributed by atoms with Gasteiger partial charge in [-0.25, -0.2) is 9.59 Å². The van der Waals surface area contributed by atoms with Crippen molar-refractivity contribution in [1.29, 1.82) is 0 Å². The first kappa shape index (κ1) is 17.9. The summed E-state index contributed by atoms with van der Waals surface area (Å²) in [6.45, 7) is 7.41. The molecule has 0 bridgehead atoms. The molecule has 0 radical (unpaired) electrons. The Balaban J connectivity index is 2.13. The number of carbonyl (C=O) groups is 2. The SMILES string of the molecule is CCOC(=O)C(C)(C)Oc1ccccc1N1CCN(C(=O)O)CC1. The number of amides is 1. The van der Waals surface area contributed by atoms with Crippen LogP contribution in [0.2, 0.25) is 0 Å². The highest BCUT2D eigenvalue weighted by Crippen LogP contribution is 2.32. The molecule has 1 aliphatic heterocycles. The predicted octanol–water partition coefficient (Wildman–Crippen LogP) is 2.21. The zero-order valence-electron chi connectivity index (χ0n) is 14.3. The van der Waals surface area contributed by atoms with E-state index < -0.39 is 17.7 Å². The molecule has 0 aliphatic carbocycles. The van der Waals surface area contributed by atoms with Crippen molar-refractivity contribution >= 4 is 17.7 Å². The second kappa shape index (κ2) is 7.42. The first-order valence-electron chi connectivity index (χ1n) is 8.03. The molecular formula is C17H24N2O5. The van der Waals surface area contributed by atoms with Crippen molar-refractivity contribution in [2.45, 2.75) is 26.4 Å². The quantitative estimate of drug-likeness (QED) is 0.831. The van der Waals surface area contributed by atoms with Crippen molar-refractivity contribution in [1.82, 2.24) is 4.90 Å². The van der Waals surface area contributed by atoms with Crippen molar-refractivity contribution in [2.24, 2.45) is 0 Å². The molecule has 2 rings (SSSR count). The summed E-state index contributed by atoms with van der Waals surface area (Å²) in [6, 6.07) is 7.45. The number of hydrogen-bond donors (Lipinski definition) is 1. The maximum Gasteiger partial charge on any atom is 0.407 e. The Bertz CT molecular complexity index is 594. The lowest BCUT2D eigenvalue weighted by atomic mass is 10.1. The second-order valence-electron chi connectivity index (χ2n) is 6.06. The zero-order chi connectivity index (χ0) is 17.7. The summed E-state index contributed by atoms with van der Waals surface area (Å²) in [6.07, 6.45) is -0.900. The van der Waals surface area contributed by atoms with E-state index in [9.17, 15) is 9.59 Å². The normalized spacial score (nSPS) is 15.1. The number of hydrogen-bond acceptors (Lipinski definition) is 5. The van der Waals surface area contributed by atoms with E-state index in [-0.39, 0.29) is 0 Å². The average molecular weight is 336 g/mol. The number of esters is 1. The van der Waals surface area contributed by atoms with E-state index in [1.165, 1.54) is 4.90 Å². The van der Waals surface area contributed by atoms with E-state index in [1.807, 2.05) is 18.2 Å². The topological polar surface area (TPSA) is 79.3 Å². The van der Waals surface area contributed by atoms with Gasteiger partial charge in [-0.1, -0.05) is 12.1 Å². The Hall–Kier alpha value is -2.44. The van der Waals surface area contributed by atoms with Gasteiger partial charge in [-0.3, -0.25) is 0 Å². The molecule has 7 heteroatoms. The van der Waals surface area contributed by atoms with Gasteiger partial charge in [-0.15, -0.1) is 0 Å². The highest BCUT2D eigenvalue weighted by Gasteiger charge is 2.33. The van der Waals surface area contributed by atoms with Gasteiger partial charge >= 0.3 is 12.1 Å². The lowest BCUT2D eigenvalue weighted by Crippen LogP contribution is -2.48. The Labute approximate surface area is 141 Å². The van der Waals surface area contributed by atoms with Gasteiger partial charge in [0.15, 0.2) is 5.60 Å². The maximum absolute atomic E-state index is 12.0. The molecule has 1 aliphatic rings. The van der Waals surface area contributed by atoms with Gasteiger partial charge in [-0.05, 0) is 32.9 Å². The van der Waals surface area contributed by atoms with Gasteiger partial charge in [0.05, 0.1) is 12.3 Å². The van der Waals surface area contributed by atoms with Crippen LogP contribution in [0.3, 0.4) is 0 Å². The van der Waals surface area contributed by atoms with Crippen molar-refractivity contribution in [2.75, 3.05) is 37.7 Å². The molecule has 7 nitrogen and oxygen atoms in total. The largest absolute Gasteiger partial charge is 0.474 e. The van der Waals surface area contributed by atoms with Crippen molar-refractivity contribution in [3.63, 3.8) is 0 Å². The van der Waals surface area contributed by atoms with Crippen LogP contribution >= 0.6 is 0 Å². The molecule has 1 aromatic carbocycles. The number of ether oxygens (including phenoxy) is 2. The highest BCUT2D eigenvalue weighted by molar-refractivity contribution is 5.79. The van der Waals surface area contributed by atoms with Crippen LogP contribution in [0.25, 0.3) is 0 Å². The van der Waals surface area contributed by atoms with Gasteiger partial charge < -0.3 is 24.4 Å². The molecule has 0 saturated carbocycles. The molecule has 0 unspecified atom stereocenters. The summed E-state index contributed by atoms with van der Waals surface area (Å²) in [4.78, 5) is 26.5. The van der Waals surface area contributed by atoms with Crippen molar-refractivity contribution in [3.05, 3.63) is 24.3 Å². The number of piperazine rings is 1. The van der Waals surface area contributed by atoms with E-state index in [4.69, 9.17) is 14.6 Å². The van der Waals surface area contributed by atoms with Gasteiger partial charge in [0.1, 0.15) is 5.75 Å². The number of carbonyl (C=O) groups excluding carboxylic acids is 1. The van der Waals surface area contributed by atoms with Crippen LogP contribution in [-0.4, -0.2) is 60.5 Å². The van der Waals surface area contributed by atoms with Crippen LogP contribution in [0, 0.1) is 0 Å². The van der Waals surface area contributed by atoms with E-state index in [1.54, 1.807) is 26.8 Å². The summed E-state index contributed by atoms with van der Waals surface area (Å²) in [7, 11) is 0. The number of nitrogens with zero attached hydrogens (tertiary/aromatic N) is 2. The number of para-hydroxylation sites is 2. The summed E-state index contributed by atoms with van der Waals surface area (Å²) in [5.41, 5.74) is -0.255. The summed E-state index contributed by atoms with van der Waals surface area (Å²) >= 11 is 0. The maximum atomic E-state index is 12.0. The smallest absolute Gasteiger partial charge is 0.407 e. The molecule has 0 aromatic heterocycles. The lowest BCUT2D eigenvalue weighted by molar-refractivity contribution is -0.158. The fourth-order valence-corrected chi connectivity index (χ4v) is 2.56. The van der Waals surface area contributed by atoms with Gasteiger partial charge in [0, 0.05) is 26.2 Å². The fourth-order valence-electron chi connectivity index (χ4n) is 2.56. The van der Waals surface area contributed by atoms with Gasteiger partial charge in [-0.2, -0.15) is 0 Å². The second-order valence-corrected chi connectivity index (χ2v) is 6.06. The van der Waals surface area contributed by atoms with Gasteiger partial charge in [0.25, 0.3) is 0 Å². The minimum atomic E-state index is -1.10. The number of carboxylic acid groups (broad SMARTS) is 1. The summed E-state index contributed by atoms with van der Waals surface area (Å²) < 4.78 is 11.0. The molecule has 24 heavy (non-hydrogen) atoms. The monoisotopic (exact) mass is 336 g/mol. The minimum Gasteiger partial charge on any atom is -0.474 e. The Morgan fingerprint density at radius 3 is 2.38 bits per heavy atom. The molecule has 1 amide bonds. The molecular weight excluding hydrogens is 312 g/mol. The van der Waals surface area contributed by atoms with Crippen LogP contribution in [0.15, 0.2) is 24.3 Å². The summed E-state index contributed by atoms with van der Waals surface area (Å²) in [5, 5.41) is 9.05. The number of benzene rings is 1.